The number of aliphatic hydroxyl groups is 1. The largest absolute Gasteiger partial charge is 0.469 e. The van der Waals surface area contributed by atoms with Crippen LogP contribution in [0.15, 0.2) is 0 Å². The molecule has 0 unspecified atom stereocenters. The van der Waals surface area contributed by atoms with Gasteiger partial charge in [-0.05, 0) is 19.3 Å². The van der Waals surface area contributed by atoms with Crippen molar-refractivity contribution in [1.82, 2.24) is 0 Å². The fourth-order valence-electron chi connectivity index (χ4n) is 2.49. The van der Waals surface area contributed by atoms with Gasteiger partial charge in [-0.3, -0.25) is 8.98 Å². The molecule has 0 saturated heterocycles. The van der Waals surface area contributed by atoms with E-state index in [1.54, 1.807) is 0 Å². The van der Waals surface area contributed by atoms with E-state index in [1.165, 1.54) is 7.11 Å². The lowest BCUT2D eigenvalue weighted by molar-refractivity contribution is -0.151. The maximum atomic E-state index is 11.5. The standard InChI is InChI=1S/C11H20O6S/c1-4-8-9(12)5-7(11(13)16-2)6-10(8)17-18(3,14)15/h7-10,12H,4-6H2,1-3H3/t7-,8+,9+,10-/m0/s1. The van der Waals surface area contributed by atoms with Gasteiger partial charge in [0.25, 0.3) is 10.1 Å². The Bertz CT molecular complexity index is 390. The van der Waals surface area contributed by atoms with Crippen molar-refractivity contribution < 1.29 is 27.2 Å². The summed E-state index contributed by atoms with van der Waals surface area (Å²) in [7, 11) is -2.34. The van der Waals surface area contributed by atoms with Gasteiger partial charge in [0.05, 0.1) is 31.5 Å². The summed E-state index contributed by atoms with van der Waals surface area (Å²) in [5.41, 5.74) is 0. The Labute approximate surface area is 107 Å². The second-order valence-corrected chi connectivity index (χ2v) is 6.27. The van der Waals surface area contributed by atoms with E-state index >= 15 is 0 Å². The number of esters is 1. The lowest BCUT2D eigenvalue weighted by atomic mass is 9.76. The van der Waals surface area contributed by atoms with E-state index in [-0.39, 0.29) is 18.8 Å². The van der Waals surface area contributed by atoms with Gasteiger partial charge in [-0.15, -0.1) is 0 Å². The molecule has 1 aliphatic rings. The van der Waals surface area contributed by atoms with Crippen molar-refractivity contribution in [1.29, 1.82) is 0 Å². The molecule has 1 N–H and O–H groups in total. The normalized spacial score (nSPS) is 33.1. The van der Waals surface area contributed by atoms with Crippen LogP contribution in [0, 0.1) is 11.8 Å². The fourth-order valence-corrected chi connectivity index (χ4v) is 3.17. The van der Waals surface area contributed by atoms with Gasteiger partial charge >= 0.3 is 5.97 Å². The van der Waals surface area contributed by atoms with Crippen LogP contribution in [-0.4, -0.2) is 45.1 Å². The third kappa shape index (κ3) is 3.93. The van der Waals surface area contributed by atoms with Crippen molar-refractivity contribution in [3.63, 3.8) is 0 Å². The number of hydrogen-bond donors (Lipinski definition) is 1. The van der Waals surface area contributed by atoms with E-state index in [4.69, 9.17) is 4.18 Å². The Hall–Kier alpha value is -0.660. The summed E-state index contributed by atoms with van der Waals surface area (Å²) in [5, 5.41) is 9.97. The smallest absolute Gasteiger partial charge is 0.308 e. The van der Waals surface area contributed by atoms with E-state index in [0.29, 0.717) is 6.42 Å². The first-order valence-corrected chi connectivity index (χ1v) is 7.74. The second-order valence-electron chi connectivity index (χ2n) is 4.67. The molecular weight excluding hydrogens is 260 g/mol. The molecule has 0 amide bonds. The maximum Gasteiger partial charge on any atom is 0.308 e. The summed E-state index contributed by atoms with van der Waals surface area (Å²) in [6, 6.07) is 0. The molecule has 1 rings (SSSR count). The molecule has 0 heterocycles. The van der Waals surface area contributed by atoms with Crippen LogP contribution in [0.5, 0.6) is 0 Å². The van der Waals surface area contributed by atoms with Crippen molar-refractivity contribution in [3.05, 3.63) is 0 Å². The lowest BCUT2D eigenvalue weighted by Crippen LogP contribution is -2.44. The van der Waals surface area contributed by atoms with Gasteiger partial charge in [0, 0.05) is 5.92 Å². The Morgan fingerprint density at radius 2 is 2.00 bits per heavy atom. The van der Waals surface area contributed by atoms with Crippen LogP contribution in [0.1, 0.15) is 26.2 Å². The summed E-state index contributed by atoms with van der Waals surface area (Å²) in [5.74, 6) is -1.23. The highest BCUT2D eigenvalue weighted by molar-refractivity contribution is 7.86. The van der Waals surface area contributed by atoms with Crippen LogP contribution in [0.3, 0.4) is 0 Å². The summed E-state index contributed by atoms with van der Waals surface area (Å²) >= 11 is 0. The Balaban J connectivity index is 2.85. The average molecular weight is 280 g/mol. The zero-order valence-corrected chi connectivity index (χ0v) is 11.6. The molecule has 7 heteroatoms. The number of carbonyl (C=O) groups is 1. The molecule has 4 atom stereocenters. The average Bonchev–Trinajstić information content (AvgIpc) is 2.25. The Morgan fingerprint density at radius 3 is 2.44 bits per heavy atom. The molecule has 0 spiro atoms. The van der Waals surface area contributed by atoms with E-state index < -0.39 is 34.2 Å². The topological polar surface area (TPSA) is 89.9 Å². The summed E-state index contributed by atoms with van der Waals surface area (Å²) in [6.45, 7) is 1.85. The summed E-state index contributed by atoms with van der Waals surface area (Å²) < 4.78 is 32.0. The Kier molecular flexibility index (Phi) is 5.12. The van der Waals surface area contributed by atoms with Crippen LogP contribution in [-0.2, 0) is 23.8 Å². The zero-order valence-electron chi connectivity index (χ0n) is 10.8. The zero-order chi connectivity index (χ0) is 13.9. The van der Waals surface area contributed by atoms with Crippen molar-refractivity contribution in [2.45, 2.75) is 38.4 Å². The van der Waals surface area contributed by atoms with Crippen LogP contribution < -0.4 is 0 Å². The minimum atomic E-state index is -3.61. The Morgan fingerprint density at radius 1 is 1.39 bits per heavy atom. The highest BCUT2D eigenvalue weighted by atomic mass is 32.2. The first kappa shape index (κ1) is 15.4. The number of hydrogen-bond acceptors (Lipinski definition) is 6. The molecule has 0 bridgehead atoms. The molecule has 0 radical (unpaired) electrons. The van der Waals surface area contributed by atoms with E-state index in [9.17, 15) is 18.3 Å². The van der Waals surface area contributed by atoms with Gasteiger partial charge < -0.3 is 9.84 Å². The van der Waals surface area contributed by atoms with Gasteiger partial charge in [-0.2, -0.15) is 8.42 Å². The summed E-state index contributed by atoms with van der Waals surface area (Å²) in [4.78, 5) is 11.5. The molecule has 0 aromatic heterocycles. The predicted octanol–water partition coefficient (Wildman–Crippen LogP) is 0.301. The molecule has 0 aromatic carbocycles. The molecule has 0 aromatic rings. The molecule has 1 aliphatic carbocycles. The molecule has 18 heavy (non-hydrogen) atoms. The third-order valence-corrected chi connectivity index (χ3v) is 3.92. The highest BCUT2D eigenvalue weighted by Gasteiger charge is 2.41. The molecule has 0 aliphatic heterocycles. The van der Waals surface area contributed by atoms with Gasteiger partial charge in [0.2, 0.25) is 0 Å². The van der Waals surface area contributed by atoms with Gasteiger partial charge in [0.15, 0.2) is 0 Å². The molecule has 1 fully saturated rings. The molecular formula is C11H20O6S. The van der Waals surface area contributed by atoms with Crippen LogP contribution in [0.4, 0.5) is 0 Å². The molecule has 106 valence electrons. The SMILES string of the molecule is CC[C@@H]1[C@H](O)C[C@H](C(=O)OC)C[C@@H]1OS(C)(=O)=O. The predicted molar refractivity (Wildman–Crippen MR) is 64.2 cm³/mol. The third-order valence-electron chi connectivity index (χ3n) is 3.32. The van der Waals surface area contributed by atoms with Crippen molar-refractivity contribution in [2.75, 3.05) is 13.4 Å². The van der Waals surface area contributed by atoms with Gasteiger partial charge in [-0.1, -0.05) is 6.92 Å². The van der Waals surface area contributed by atoms with Crippen molar-refractivity contribution in [2.24, 2.45) is 11.8 Å². The van der Waals surface area contributed by atoms with Gasteiger partial charge in [0.1, 0.15) is 0 Å². The number of ether oxygens (including phenoxy) is 1. The van der Waals surface area contributed by atoms with E-state index in [0.717, 1.165) is 6.26 Å². The minimum Gasteiger partial charge on any atom is -0.469 e. The van der Waals surface area contributed by atoms with Crippen LogP contribution in [0.2, 0.25) is 0 Å². The van der Waals surface area contributed by atoms with Crippen molar-refractivity contribution in [3.8, 4) is 0 Å². The minimum absolute atomic E-state index is 0.259. The highest BCUT2D eigenvalue weighted by Crippen LogP contribution is 2.34. The first-order valence-electron chi connectivity index (χ1n) is 5.92. The fraction of sp³-hybridized carbons (Fsp3) is 0.909. The molecule has 1 saturated carbocycles. The number of methoxy groups -OCH3 is 1. The van der Waals surface area contributed by atoms with Crippen molar-refractivity contribution >= 4 is 16.1 Å². The van der Waals surface area contributed by atoms with E-state index in [1.807, 2.05) is 6.92 Å². The van der Waals surface area contributed by atoms with E-state index in [2.05, 4.69) is 4.74 Å². The summed E-state index contributed by atoms with van der Waals surface area (Å²) in [6.07, 6.45) is 0.685. The lowest BCUT2D eigenvalue weighted by Gasteiger charge is -2.37. The second kappa shape index (κ2) is 5.99. The quantitative estimate of drug-likeness (QED) is 0.588. The number of carbonyl (C=O) groups excluding carboxylic acids is 1. The number of aliphatic hydroxyl groups excluding tert-OH is 1. The monoisotopic (exact) mass is 280 g/mol. The van der Waals surface area contributed by atoms with Crippen LogP contribution >= 0.6 is 0 Å². The molecule has 6 nitrogen and oxygen atoms in total. The maximum absolute atomic E-state index is 11.5. The first-order chi connectivity index (χ1) is 8.28. The van der Waals surface area contributed by atoms with Crippen LogP contribution in [0.25, 0.3) is 0 Å². The number of rotatable bonds is 4. The van der Waals surface area contributed by atoms with Gasteiger partial charge in [-0.25, -0.2) is 0 Å².